The van der Waals surface area contributed by atoms with Gasteiger partial charge in [0, 0.05) is 13.1 Å². The summed E-state index contributed by atoms with van der Waals surface area (Å²) in [7, 11) is 0. The maximum atomic E-state index is 12.2. The smallest absolute Gasteiger partial charge is 0.267 e. The number of rotatable bonds is 5. The van der Waals surface area contributed by atoms with Gasteiger partial charge in [-0.25, -0.2) is 0 Å². The van der Waals surface area contributed by atoms with Gasteiger partial charge in [0.05, 0.1) is 11.3 Å². The number of aliphatic hydroxyl groups is 1. The highest BCUT2D eigenvalue weighted by molar-refractivity contribution is 7.07. The molecule has 1 amide bonds. The van der Waals surface area contributed by atoms with E-state index in [0.717, 1.165) is 17.2 Å². The van der Waals surface area contributed by atoms with Crippen LogP contribution in [0.4, 0.5) is 0 Å². The van der Waals surface area contributed by atoms with Crippen molar-refractivity contribution in [2.75, 3.05) is 13.1 Å². The summed E-state index contributed by atoms with van der Waals surface area (Å²) in [6.07, 6.45) is 0.692. The van der Waals surface area contributed by atoms with Gasteiger partial charge in [0.15, 0.2) is 0 Å². The largest absolute Gasteiger partial charge is 0.389 e. The average molecular weight is 257 g/mol. The van der Waals surface area contributed by atoms with E-state index in [2.05, 4.69) is 9.59 Å². The Morgan fingerprint density at radius 3 is 2.59 bits per heavy atom. The summed E-state index contributed by atoms with van der Waals surface area (Å²) in [5.74, 6) is -0.0959. The molecule has 1 rings (SSSR count). The second-order valence-corrected chi connectivity index (χ2v) is 5.29. The molecule has 0 aliphatic heterocycles. The van der Waals surface area contributed by atoms with Crippen LogP contribution in [0.1, 0.15) is 43.1 Å². The van der Waals surface area contributed by atoms with Crippen LogP contribution in [0.2, 0.25) is 0 Å². The van der Waals surface area contributed by atoms with E-state index >= 15 is 0 Å². The minimum Gasteiger partial charge on any atom is -0.389 e. The van der Waals surface area contributed by atoms with E-state index in [1.807, 2.05) is 13.8 Å². The first-order valence-corrected chi connectivity index (χ1v) is 6.49. The van der Waals surface area contributed by atoms with Crippen LogP contribution in [-0.2, 0) is 6.42 Å². The Morgan fingerprint density at radius 2 is 2.12 bits per heavy atom. The molecule has 0 fully saturated rings. The molecule has 0 atom stereocenters. The first-order chi connectivity index (χ1) is 7.89. The zero-order valence-electron chi connectivity index (χ0n) is 10.7. The van der Waals surface area contributed by atoms with Gasteiger partial charge in [-0.3, -0.25) is 4.79 Å². The van der Waals surface area contributed by atoms with Gasteiger partial charge in [-0.05, 0) is 38.7 Å². The highest BCUT2D eigenvalue weighted by atomic mass is 32.1. The Balaban J connectivity index is 2.87. The summed E-state index contributed by atoms with van der Waals surface area (Å²) in [5, 5.41) is 13.7. The summed E-state index contributed by atoms with van der Waals surface area (Å²) in [6.45, 7) is 8.08. The third-order valence-corrected chi connectivity index (χ3v) is 3.09. The Labute approximate surface area is 106 Å². The van der Waals surface area contributed by atoms with E-state index in [1.165, 1.54) is 0 Å². The predicted molar refractivity (Wildman–Crippen MR) is 67.2 cm³/mol. The molecule has 1 aromatic heterocycles. The van der Waals surface area contributed by atoms with Crippen molar-refractivity contribution in [1.29, 1.82) is 0 Å². The molecule has 5 nitrogen and oxygen atoms in total. The summed E-state index contributed by atoms with van der Waals surface area (Å²) in [4.78, 5) is 14.4. The molecule has 0 spiro atoms. The van der Waals surface area contributed by atoms with Gasteiger partial charge >= 0.3 is 0 Å². The van der Waals surface area contributed by atoms with Crippen molar-refractivity contribution in [1.82, 2.24) is 14.5 Å². The van der Waals surface area contributed by atoms with Crippen molar-refractivity contribution in [2.24, 2.45) is 0 Å². The van der Waals surface area contributed by atoms with E-state index in [9.17, 15) is 9.90 Å². The monoisotopic (exact) mass is 257 g/mol. The zero-order chi connectivity index (χ0) is 13.1. The fourth-order valence-electron chi connectivity index (χ4n) is 1.54. The zero-order valence-corrected chi connectivity index (χ0v) is 11.5. The Morgan fingerprint density at radius 1 is 1.47 bits per heavy atom. The quantitative estimate of drug-likeness (QED) is 0.864. The molecule has 0 unspecified atom stereocenters. The van der Waals surface area contributed by atoms with Crippen molar-refractivity contribution in [3.63, 3.8) is 0 Å². The molecule has 1 heterocycles. The molecule has 1 aromatic rings. The first kappa shape index (κ1) is 14.1. The number of aromatic nitrogens is 2. The second kappa shape index (κ2) is 5.55. The highest BCUT2D eigenvalue weighted by Gasteiger charge is 2.25. The van der Waals surface area contributed by atoms with Crippen LogP contribution in [0.3, 0.4) is 0 Å². The summed E-state index contributed by atoms with van der Waals surface area (Å²) in [5.41, 5.74) is -0.162. The van der Waals surface area contributed by atoms with Crippen molar-refractivity contribution in [3.8, 4) is 0 Å². The molecule has 96 valence electrons. The molecule has 0 aliphatic rings. The number of likely N-dealkylation sites (N-methyl/N-ethyl adjacent to an activating group) is 1. The van der Waals surface area contributed by atoms with Gasteiger partial charge in [0.25, 0.3) is 5.91 Å². The van der Waals surface area contributed by atoms with Gasteiger partial charge in [-0.15, -0.1) is 5.10 Å². The number of hydrogen-bond acceptors (Lipinski definition) is 5. The molecule has 0 saturated carbocycles. The molecule has 0 bridgehead atoms. The van der Waals surface area contributed by atoms with Crippen LogP contribution in [0, 0.1) is 0 Å². The number of carbonyl (C=O) groups excluding carboxylic acids is 1. The molecule has 0 aliphatic carbocycles. The normalized spacial score (nSPS) is 11.6. The average Bonchev–Trinajstić information content (AvgIpc) is 2.71. The van der Waals surface area contributed by atoms with E-state index in [4.69, 9.17) is 0 Å². The number of hydrogen-bond donors (Lipinski definition) is 1. The SMILES string of the molecule is CCc1nnsc1C(=O)N(CC)CC(C)(C)O. The minimum absolute atomic E-state index is 0.0959. The van der Waals surface area contributed by atoms with Crippen molar-refractivity contribution >= 4 is 17.4 Å². The third kappa shape index (κ3) is 3.74. The van der Waals surface area contributed by atoms with E-state index in [-0.39, 0.29) is 5.91 Å². The topological polar surface area (TPSA) is 66.3 Å². The summed E-state index contributed by atoms with van der Waals surface area (Å²) >= 11 is 1.12. The highest BCUT2D eigenvalue weighted by Crippen LogP contribution is 2.16. The first-order valence-electron chi connectivity index (χ1n) is 5.72. The second-order valence-electron chi connectivity index (χ2n) is 4.53. The molecule has 0 saturated heterocycles. The number of amides is 1. The number of carbonyl (C=O) groups is 1. The molecular weight excluding hydrogens is 238 g/mol. The lowest BCUT2D eigenvalue weighted by Gasteiger charge is -2.27. The fourth-order valence-corrected chi connectivity index (χ4v) is 2.26. The van der Waals surface area contributed by atoms with Crippen LogP contribution in [-0.4, -0.2) is 44.2 Å². The maximum absolute atomic E-state index is 12.2. The van der Waals surface area contributed by atoms with Gasteiger partial charge in [-0.1, -0.05) is 11.4 Å². The lowest BCUT2D eigenvalue weighted by Crippen LogP contribution is -2.42. The van der Waals surface area contributed by atoms with E-state index < -0.39 is 5.60 Å². The molecule has 17 heavy (non-hydrogen) atoms. The van der Waals surface area contributed by atoms with Crippen LogP contribution >= 0.6 is 11.5 Å². The lowest BCUT2D eigenvalue weighted by molar-refractivity contribution is 0.0316. The lowest BCUT2D eigenvalue weighted by atomic mass is 10.1. The Kier molecular flexibility index (Phi) is 4.59. The minimum atomic E-state index is -0.893. The standard InChI is InChI=1S/C11H19N3O2S/c1-5-8-9(17-13-12-8)10(15)14(6-2)7-11(3,4)16/h16H,5-7H2,1-4H3. The van der Waals surface area contributed by atoms with Crippen molar-refractivity contribution in [3.05, 3.63) is 10.6 Å². The number of nitrogens with zero attached hydrogens (tertiary/aromatic N) is 3. The molecular formula is C11H19N3O2S. The molecule has 0 aromatic carbocycles. The Hall–Kier alpha value is -1.01. The van der Waals surface area contributed by atoms with Crippen LogP contribution in [0.25, 0.3) is 0 Å². The van der Waals surface area contributed by atoms with E-state index in [1.54, 1.807) is 18.7 Å². The van der Waals surface area contributed by atoms with Gasteiger partial charge < -0.3 is 10.0 Å². The number of aryl methyl sites for hydroxylation is 1. The molecule has 1 N–H and O–H groups in total. The third-order valence-electron chi connectivity index (χ3n) is 2.33. The van der Waals surface area contributed by atoms with Gasteiger partial charge in [0.1, 0.15) is 4.88 Å². The molecule has 6 heteroatoms. The Bertz CT molecular complexity index is 384. The van der Waals surface area contributed by atoms with E-state index in [0.29, 0.717) is 24.4 Å². The fraction of sp³-hybridized carbons (Fsp3) is 0.727. The van der Waals surface area contributed by atoms with Crippen molar-refractivity contribution < 1.29 is 9.90 Å². The van der Waals surface area contributed by atoms with Gasteiger partial charge in [-0.2, -0.15) is 0 Å². The van der Waals surface area contributed by atoms with Crippen LogP contribution < -0.4 is 0 Å². The maximum Gasteiger partial charge on any atom is 0.267 e. The predicted octanol–water partition coefficient (Wildman–Crippen LogP) is 1.33. The van der Waals surface area contributed by atoms with Crippen LogP contribution in [0.5, 0.6) is 0 Å². The van der Waals surface area contributed by atoms with Gasteiger partial charge in [0.2, 0.25) is 0 Å². The van der Waals surface area contributed by atoms with Crippen LogP contribution in [0.15, 0.2) is 0 Å². The summed E-state index contributed by atoms with van der Waals surface area (Å²) < 4.78 is 3.81. The molecule has 0 radical (unpaired) electrons. The van der Waals surface area contributed by atoms with Crippen molar-refractivity contribution in [2.45, 2.75) is 39.7 Å². The summed E-state index contributed by atoms with van der Waals surface area (Å²) in [6, 6.07) is 0.